The number of halogens is 2. The van der Waals surface area contributed by atoms with Crippen LogP contribution in [0.1, 0.15) is 29.8 Å². The summed E-state index contributed by atoms with van der Waals surface area (Å²) in [6.45, 7) is 3.28. The normalized spacial score (nSPS) is 13.7. The Labute approximate surface area is 172 Å². The molecule has 0 saturated carbocycles. The van der Waals surface area contributed by atoms with Crippen molar-refractivity contribution >= 4 is 23.5 Å². The number of hydrogen-bond donors (Lipinski definition) is 1. The van der Waals surface area contributed by atoms with Gasteiger partial charge in [-0.25, -0.2) is 13.6 Å². The first-order chi connectivity index (χ1) is 14.3. The lowest BCUT2D eigenvalue weighted by Crippen LogP contribution is -2.46. The molecular formula is C22H22F2N2O4. The minimum atomic E-state index is -1.17. The van der Waals surface area contributed by atoms with Crippen LogP contribution in [0.5, 0.6) is 0 Å². The van der Waals surface area contributed by atoms with E-state index in [1.54, 1.807) is 18.7 Å². The van der Waals surface area contributed by atoms with Gasteiger partial charge in [0, 0.05) is 12.2 Å². The van der Waals surface area contributed by atoms with Crippen LogP contribution in [0.2, 0.25) is 0 Å². The van der Waals surface area contributed by atoms with Crippen LogP contribution in [-0.2, 0) is 20.7 Å². The Bertz CT molecular complexity index is 957. The Morgan fingerprint density at radius 3 is 2.40 bits per heavy atom. The Hall–Kier alpha value is -3.29. The maximum atomic E-state index is 13.8. The predicted molar refractivity (Wildman–Crippen MR) is 106 cm³/mol. The molecule has 0 unspecified atom stereocenters. The number of carbonyl (C=O) groups is 3. The zero-order valence-electron chi connectivity index (χ0n) is 16.7. The van der Waals surface area contributed by atoms with Crippen molar-refractivity contribution in [3.8, 4) is 0 Å². The molecule has 158 valence electrons. The summed E-state index contributed by atoms with van der Waals surface area (Å²) in [6.07, 6.45) is 0.717. The second-order valence-electron chi connectivity index (χ2n) is 7.32. The summed E-state index contributed by atoms with van der Waals surface area (Å²) in [5.74, 6) is -4.81. The zero-order valence-corrected chi connectivity index (χ0v) is 16.7. The fourth-order valence-electron chi connectivity index (χ4n) is 3.32. The summed E-state index contributed by atoms with van der Waals surface area (Å²) in [5, 5.41) is 2.30. The highest BCUT2D eigenvalue weighted by Crippen LogP contribution is 2.27. The van der Waals surface area contributed by atoms with Crippen molar-refractivity contribution in [2.24, 2.45) is 5.92 Å². The van der Waals surface area contributed by atoms with Gasteiger partial charge in [-0.2, -0.15) is 0 Å². The largest absolute Gasteiger partial charge is 0.454 e. The molecule has 2 aromatic carbocycles. The molecule has 1 heterocycles. The lowest BCUT2D eigenvalue weighted by atomic mass is 10.0. The number of nitrogens with zero attached hydrogens (tertiary/aromatic N) is 1. The van der Waals surface area contributed by atoms with Crippen molar-refractivity contribution in [1.29, 1.82) is 0 Å². The SMILES string of the molecule is CC(C)[C@H](NC(=O)c1c(F)cccc1F)C(=O)OCC(=O)N1CCc2ccccc21. The summed E-state index contributed by atoms with van der Waals surface area (Å²) in [6, 6.07) is 9.33. The Kier molecular flexibility index (Phi) is 6.44. The molecule has 3 rings (SSSR count). The van der Waals surface area contributed by atoms with Gasteiger partial charge in [-0.3, -0.25) is 9.59 Å². The third-order valence-electron chi connectivity index (χ3n) is 4.92. The molecule has 6 nitrogen and oxygen atoms in total. The molecule has 8 heteroatoms. The lowest BCUT2D eigenvalue weighted by Gasteiger charge is -2.22. The maximum absolute atomic E-state index is 13.8. The highest BCUT2D eigenvalue weighted by Gasteiger charge is 2.30. The van der Waals surface area contributed by atoms with Crippen molar-refractivity contribution in [2.45, 2.75) is 26.3 Å². The van der Waals surface area contributed by atoms with Crippen molar-refractivity contribution in [3.63, 3.8) is 0 Å². The van der Waals surface area contributed by atoms with E-state index in [-0.39, 0.29) is 5.91 Å². The molecule has 0 saturated heterocycles. The molecule has 1 aliphatic heterocycles. The van der Waals surface area contributed by atoms with Crippen LogP contribution in [0.3, 0.4) is 0 Å². The number of esters is 1. The lowest BCUT2D eigenvalue weighted by molar-refractivity contribution is -0.150. The zero-order chi connectivity index (χ0) is 21.8. The third-order valence-corrected chi connectivity index (χ3v) is 4.92. The third kappa shape index (κ3) is 4.48. The van der Waals surface area contributed by atoms with Crippen LogP contribution in [0.25, 0.3) is 0 Å². The fourth-order valence-corrected chi connectivity index (χ4v) is 3.32. The van der Waals surface area contributed by atoms with E-state index in [2.05, 4.69) is 5.32 Å². The van der Waals surface area contributed by atoms with Gasteiger partial charge in [0.1, 0.15) is 23.2 Å². The molecule has 0 aliphatic carbocycles. The van der Waals surface area contributed by atoms with E-state index >= 15 is 0 Å². The molecule has 0 aromatic heterocycles. The first-order valence-electron chi connectivity index (χ1n) is 9.59. The molecule has 1 atom stereocenters. The number of fused-ring (bicyclic) bond motifs is 1. The van der Waals surface area contributed by atoms with Crippen molar-refractivity contribution in [3.05, 3.63) is 65.2 Å². The second kappa shape index (κ2) is 9.02. The van der Waals surface area contributed by atoms with Gasteiger partial charge >= 0.3 is 5.97 Å². The highest BCUT2D eigenvalue weighted by molar-refractivity contribution is 5.99. The molecule has 2 amide bonds. The number of ether oxygens (including phenoxy) is 1. The molecule has 0 bridgehead atoms. The number of rotatable bonds is 6. The first-order valence-corrected chi connectivity index (χ1v) is 9.59. The van der Waals surface area contributed by atoms with Gasteiger partial charge in [-0.1, -0.05) is 38.1 Å². The van der Waals surface area contributed by atoms with Crippen LogP contribution in [0, 0.1) is 17.6 Å². The molecule has 1 aliphatic rings. The monoisotopic (exact) mass is 416 g/mol. The van der Waals surface area contributed by atoms with Gasteiger partial charge in [0.05, 0.1) is 0 Å². The van der Waals surface area contributed by atoms with Crippen LogP contribution in [0.15, 0.2) is 42.5 Å². The van der Waals surface area contributed by atoms with Gasteiger partial charge in [0.2, 0.25) is 0 Å². The Morgan fingerprint density at radius 2 is 1.73 bits per heavy atom. The van der Waals surface area contributed by atoms with Crippen LogP contribution in [0.4, 0.5) is 14.5 Å². The Balaban J connectivity index is 1.64. The summed E-state index contributed by atoms with van der Waals surface area (Å²) in [7, 11) is 0. The van der Waals surface area contributed by atoms with Gasteiger partial charge in [0.15, 0.2) is 6.61 Å². The predicted octanol–water partition coefficient (Wildman–Crippen LogP) is 2.85. The van der Waals surface area contributed by atoms with E-state index in [0.717, 1.165) is 35.9 Å². The van der Waals surface area contributed by atoms with Gasteiger partial charge in [0.25, 0.3) is 11.8 Å². The van der Waals surface area contributed by atoms with E-state index in [9.17, 15) is 23.2 Å². The number of carbonyl (C=O) groups excluding carboxylic acids is 3. The minimum Gasteiger partial charge on any atom is -0.454 e. The van der Waals surface area contributed by atoms with Crippen LogP contribution < -0.4 is 10.2 Å². The quantitative estimate of drug-likeness (QED) is 0.735. The van der Waals surface area contributed by atoms with E-state index < -0.39 is 47.6 Å². The highest BCUT2D eigenvalue weighted by atomic mass is 19.1. The first kappa shape index (κ1) is 21.4. The molecule has 0 spiro atoms. The van der Waals surface area contributed by atoms with Gasteiger partial charge in [-0.05, 0) is 36.1 Å². The fraction of sp³-hybridized carbons (Fsp3) is 0.318. The molecule has 1 N–H and O–H groups in total. The second-order valence-corrected chi connectivity index (χ2v) is 7.32. The molecule has 2 aromatic rings. The van der Waals surface area contributed by atoms with E-state index in [1.807, 2.05) is 24.3 Å². The molecule has 0 fully saturated rings. The number of hydrogen-bond acceptors (Lipinski definition) is 4. The number of para-hydroxylation sites is 1. The standard InChI is InChI=1S/C22H22F2N2O4/c1-13(2)20(25-21(28)19-15(23)7-5-8-16(19)24)22(29)30-12-18(27)26-11-10-14-6-3-4-9-17(14)26/h3-9,13,20H,10-12H2,1-2H3,(H,25,28)/t20-/m0/s1. The van der Waals surface area contributed by atoms with Crippen molar-refractivity contribution in [1.82, 2.24) is 5.32 Å². The average Bonchev–Trinajstić information content (AvgIpc) is 3.14. The van der Waals surface area contributed by atoms with E-state index in [1.165, 1.54) is 0 Å². The number of benzene rings is 2. The maximum Gasteiger partial charge on any atom is 0.329 e. The van der Waals surface area contributed by atoms with Gasteiger partial charge in [-0.15, -0.1) is 0 Å². The van der Waals surface area contributed by atoms with Crippen LogP contribution >= 0.6 is 0 Å². The summed E-state index contributed by atoms with van der Waals surface area (Å²) >= 11 is 0. The number of amides is 2. The number of anilines is 1. The summed E-state index contributed by atoms with van der Waals surface area (Å²) in [5.41, 5.74) is 1.04. The smallest absolute Gasteiger partial charge is 0.329 e. The average molecular weight is 416 g/mol. The van der Waals surface area contributed by atoms with Crippen molar-refractivity contribution < 1.29 is 27.9 Å². The minimum absolute atomic E-state index is 0.387. The molecule has 30 heavy (non-hydrogen) atoms. The van der Waals surface area contributed by atoms with E-state index in [0.29, 0.717) is 6.54 Å². The Morgan fingerprint density at radius 1 is 1.07 bits per heavy atom. The summed E-state index contributed by atoms with van der Waals surface area (Å²) in [4.78, 5) is 38.8. The molecule has 0 radical (unpaired) electrons. The summed E-state index contributed by atoms with van der Waals surface area (Å²) < 4.78 is 32.8. The van der Waals surface area contributed by atoms with Gasteiger partial charge < -0.3 is 15.0 Å². The van der Waals surface area contributed by atoms with Crippen molar-refractivity contribution in [2.75, 3.05) is 18.1 Å². The number of nitrogens with one attached hydrogen (secondary N) is 1. The van der Waals surface area contributed by atoms with E-state index in [4.69, 9.17) is 4.74 Å². The molecular weight excluding hydrogens is 394 g/mol. The topological polar surface area (TPSA) is 75.7 Å². The van der Waals surface area contributed by atoms with Crippen LogP contribution in [-0.4, -0.2) is 37.0 Å².